The molecule has 3 rings (SSSR count). The van der Waals surface area contributed by atoms with Gasteiger partial charge < -0.3 is 10.2 Å². The van der Waals surface area contributed by atoms with Gasteiger partial charge in [0.15, 0.2) is 0 Å². The topological polar surface area (TPSA) is 62.3 Å². The number of nitrogens with one attached hydrogen (secondary N) is 1. The molecule has 2 amide bonds. The first-order valence-electron chi connectivity index (χ1n) is 9.36. The number of carbonyl (C=O) groups excluding carboxylic acids is 2. The maximum atomic E-state index is 12.7. The molecule has 0 bridgehead atoms. The number of rotatable bonds is 9. The van der Waals surface area contributed by atoms with Crippen LogP contribution in [0, 0.1) is 0 Å². The van der Waals surface area contributed by atoms with Crippen molar-refractivity contribution < 1.29 is 9.59 Å². The van der Waals surface area contributed by atoms with Crippen molar-refractivity contribution >= 4 is 34.9 Å². The van der Waals surface area contributed by atoms with E-state index in [2.05, 4.69) is 10.3 Å². The van der Waals surface area contributed by atoms with Gasteiger partial charge in [0.1, 0.15) is 0 Å². The quantitative estimate of drug-likeness (QED) is 0.522. The third-order valence-corrected chi connectivity index (χ3v) is 6.08. The average Bonchev–Trinajstić information content (AvgIpc) is 3.28. The Bertz CT molecular complexity index is 930. The van der Waals surface area contributed by atoms with Crippen LogP contribution in [-0.4, -0.2) is 34.8 Å². The van der Waals surface area contributed by atoms with Crippen LogP contribution in [0.4, 0.5) is 0 Å². The fraction of sp³-hybridized carbons (Fsp3) is 0.227. The number of aromatic nitrogens is 1. The van der Waals surface area contributed by atoms with Crippen molar-refractivity contribution in [3.63, 3.8) is 0 Å². The van der Waals surface area contributed by atoms with Crippen molar-refractivity contribution in [2.24, 2.45) is 0 Å². The van der Waals surface area contributed by atoms with E-state index in [-0.39, 0.29) is 18.4 Å². The molecular formula is C22H23N3O2S2. The molecule has 3 aromatic rings. The summed E-state index contributed by atoms with van der Waals surface area (Å²) in [6, 6.07) is 17.3. The Morgan fingerprint density at radius 2 is 1.86 bits per heavy atom. The fourth-order valence-corrected chi connectivity index (χ4v) is 4.40. The van der Waals surface area contributed by atoms with E-state index in [4.69, 9.17) is 0 Å². The van der Waals surface area contributed by atoms with E-state index in [1.807, 2.05) is 60.8 Å². The summed E-state index contributed by atoms with van der Waals surface area (Å²) >= 11 is 3.12. The van der Waals surface area contributed by atoms with E-state index in [0.29, 0.717) is 24.4 Å². The van der Waals surface area contributed by atoms with Gasteiger partial charge >= 0.3 is 0 Å². The minimum Gasteiger partial charge on any atom is -0.343 e. The van der Waals surface area contributed by atoms with Crippen LogP contribution in [0.15, 0.2) is 70.4 Å². The predicted octanol–water partition coefficient (Wildman–Crippen LogP) is 4.21. The predicted molar refractivity (Wildman–Crippen MR) is 118 cm³/mol. The highest BCUT2D eigenvalue weighted by atomic mass is 32.2. The summed E-state index contributed by atoms with van der Waals surface area (Å²) in [5, 5.41) is 4.78. The van der Waals surface area contributed by atoms with E-state index in [0.717, 1.165) is 16.2 Å². The van der Waals surface area contributed by atoms with Crippen LogP contribution >= 0.6 is 23.1 Å². The van der Waals surface area contributed by atoms with Crippen LogP contribution in [0.5, 0.6) is 0 Å². The third-order valence-electron chi connectivity index (χ3n) is 4.34. The maximum Gasteiger partial charge on any atom is 0.252 e. The van der Waals surface area contributed by atoms with Crippen molar-refractivity contribution in [2.45, 2.75) is 24.1 Å². The van der Waals surface area contributed by atoms with Crippen LogP contribution in [0.25, 0.3) is 0 Å². The molecule has 0 spiro atoms. The molecule has 0 aliphatic carbocycles. The van der Waals surface area contributed by atoms with Crippen LogP contribution in [-0.2, 0) is 17.1 Å². The second-order valence-electron chi connectivity index (χ2n) is 6.34. The number of amides is 2. The normalized spacial score (nSPS) is 10.5. The lowest BCUT2D eigenvalue weighted by Crippen LogP contribution is -2.39. The van der Waals surface area contributed by atoms with Gasteiger partial charge in [-0.2, -0.15) is 0 Å². The molecule has 150 valence electrons. The van der Waals surface area contributed by atoms with Crippen LogP contribution in [0.3, 0.4) is 0 Å². The van der Waals surface area contributed by atoms with E-state index < -0.39 is 0 Å². The van der Waals surface area contributed by atoms with E-state index >= 15 is 0 Å². The molecule has 0 saturated heterocycles. The first kappa shape index (κ1) is 21.1. The molecule has 0 unspecified atom stereocenters. The number of benzene rings is 2. The Labute approximate surface area is 179 Å². The molecule has 0 aliphatic heterocycles. The lowest BCUT2D eigenvalue weighted by atomic mass is 10.2. The molecule has 29 heavy (non-hydrogen) atoms. The molecule has 0 fully saturated rings. The molecule has 1 N–H and O–H groups in total. The number of carbonyl (C=O) groups is 2. The van der Waals surface area contributed by atoms with Crippen LogP contribution < -0.4 is 5.32 Å². The molecule has 5 nitrogen and oxygen atoms in total. The molecule has 0 aliphatic rings. The highest BCUT2D eigenvalue weighted by Gasteiger charge is 2.16. The lowest BCUT2D eigenvalue weighted by Gasteiger charge is -2.21. The van der Waals surface area contributed by atoms with Crippen molar-refractivity contribution in [3.8, 4) is 0 Å². The van der Waals surface area contributed by atoms with Gasteiger partial charge in [-0.25, -0.2) is 4.98 Å². The van der Waals surface area contributed by atoms with E-state index in [1.165, 1.54) is 0 Å². The molecule has 7 heteroatoms. The summed E-state index contributed by atoms with van der Waals surface area (Å²) in [7, 11) is 0. The second kappa shape index (κ2) is 10.8. The Hall–Kier alpha value is -2.64. The number of nitrogens with zero attached hydrogens (tertiary/aromatic N) is 2. The van der Waals surface area contributed by atoms with E-state index in [9.17, 15) is 9.59 Å². The van der Waals surface area contributed by atoms with Crippen molar-refractivity contribution in [1.29, 1.82) is 0 Å². The highest BCUT2D eigenvalue weighted by molar-refractivity contribution is 7.98. The Balaban J connectivity index is 1.57. The number of hydrogen-bond acceptors (Lipinski definition) is 5. The molecule has 2 aromatic carbocycles. The Morgan fingerprint density at radius 1 is 1.10 bits per heavy atom. The smallest absolute Gasteiger partial charge is 0.252 e. The van der Waals surface area contributed by atoms with Gasteiger partial charge in [0.2, 0.25) is 5.91 Å². The number of thioether (sulfide) groups is 1. The fourth-order valence-electron chi connectivity index (χ4n) is 2.78. The maximum absolute atomic E-state index is 12.7. The summed E-state index contributed by atoms with van der Waals surface area (Å²) in [5.41, 5.74) is 4.43. The summed E-state index contributed by atoms with van der Waals surface area (Å²) < 4.78 is 0. The van der Waals surface area contributed by atoms with Crippen molar-refractivity contribution in [2.75, 3.05) is 13.1 Å². The zero-order valence-electron chi connectivity index (χ0n) is 16.2. The van der Waals surface area contributed by atoms with Gasteiger partial charge in [-0.15, -0.1) is 23.1 Å². The summed E-state index contributed by atoms with van der Waals surface area (Å²) in [6.07, 6.45) is 0. The summed E-state index contributed by atoms with van der Waals surface area (Å²) in [5.74, 6) is 0.362. The number of thiazole rings is 1. The first-order chi connectivity index (χ1) is 14.2. The van der Waals surface area contributed by atoms with E-state index in [1.54, 1.807) is 39.6 Å². The SMILES string of the molecule is CCN(Cc1ccccc1)C(=O)CNC(=O)c1ccccc1SCc1cscn1. The van der Waals surface area contributed by atoms with Crippen molar-refractivity contribution in [1.82, 2.24) is 15.2 Å². The van der Waals surface area contributed by atoms with Gasteiger partial charge in [0, 0.05) is 29.1 Å². The number of likely N-dealkylation sites (N-methyl/N-ethyl adjacent to an activating group) is 1. The largest absolute Gasteiger partial charge is 0.343 e. The van der Waals surface area contributed by atoms with Gasteiger partial charge in [-0.05, 0) is 24.6 Å². The van der Waals surface area contributed by atoms with Crippen LogP contribution in [0.2, 0.25) is 0 Å². The first-order valence-corrected chi connectivity index (χ1v) is 11.3. The Kier molecular flexibility index (Phi) is 7.84. The molecular weight excluding hydrogens is 402 g/mol. The van der Waals surface area contributed by atoms with Gasteiger partial charge in [-0.3, -0.25) is 9.59 Å². The monoisotopic (exact) mass is 425 g/mol. The third kappa shape index (κ3) is 6.17. The summed E-state index contributed by atoms with van der Waals surface area (Å²) in [6.45, 7) is 3.04. The highest BCUT2D eigenvalue weighted by Crippen LogP contribution is 2.26. The summed E-state index contributed by atoms with van der Waals surface area (Å²) in [4.78, 5) is 32.2. The lowest BCUT2D eigenvalue weighted by molar-refractivity contribution is -0.130. The van der Waals surface area contributed by atoms with Gasteiger partial charge in [0.05, 0.1) is 23.3 Å². The minimum absolute atomic E-state index is 0.0232. The minimum atomic E-state index is -0.240. The standard InChI is InChI=1S/C22H23N3O2S2/c1-2-25(13-17-8-4-3-5-9-17)21(26)12-23-22(27)19-10-6-7-11-20(19)29-15-18-14-28-16-24-18/h3-11,14,16H,2,12-13,15H2,1H3,(H,23,27). The van der Waals surface area contributed by atoms with Crippen molar-refractivity contribution in [3.05, 3.63) is 82.3 Å². The molecule has 0 atom stereocenters. The molecule has 1 heterocycles. The average molecular weight is 426 g/mol. The van der Waals surface area contributed by atoms with Gasteiger partial charge in [0.25, 0.3) is 5.91 Å². The van der Waals surface area contributed by atoms with Gasteiger partial charge in [-0.1, -0.05) is 42.5 Å². The second-order valence-corrected chi connectivity index (χ2v) is 8.08. The zero-order chi connectivity index (χ0) is 20.5. The molecule has 1 aromatic heterocycles. The number of hydrogen-bond donors (Lipinski definition) is 1. The Morgan fingerprint density at radius 3 is 2.59 bits per heavy atom. The zero-order valence-corrected chi connectivity index (χ0v) is 17.8. The van der Waals surface area contributed by atoms with Crippen LogP contribution in [0.1, 0.15) is 28.5 Å². The molecule has 0 saturated carbocycles. The molecule has 0 radical (unpaired) electrons.